The molecule has 0 aromatic heterocycles. The molecular weight excluding hydrogens is 277 g/mol. The van der Waals surface area contributed by atoms with Crippen LogP contribution >= 0.6 is 11.6 Å². The molecule has 2 rings (SSSR count). The molecule has 1 aromatic rings. The molecule has 0 aliphatic carbocycles. The molecule has 1 aromatic carbocycles. The Morgan fingerprint density at radius 2 is 2.05 bits per heavy atom. The first kappa shape index (κ1) is 13.8. The zero-order valence-electron chi connectivity index (χ0n) is 9.84. The summed E-state index contributed by atoms with van der Waals surface area (Å²) in [6.07, 6.45) is -3.09. The van der Waals surface area contributed by atoms with Crippen LogP contribution in [0.15, 0.2) is 29.8 Å². The van der Waals surface area contributed by atoms with E-state index in [1.807, 2.05) is 6.07 Å². The minimum atomic E-state index is -4.24. The van der Waals surface area contributed by atoms with Crippen LogP contribution in [0.3, 0.4) is 0 Å². The third-order valence-corrected chi connectivity index (χ3v) is 3.32. The lowest BCUT2D eigenvalue weighted by molar-refractivity contribution is -0.0943. The van der Waals surface area contributed by atoms with Gasteiger partial charge in [-0.1, -0.05) is 17.7 Å². The fourth-order valence-electron chi connectivity index (χ4n) is 1.95. The number of nitriles is 1. The number of nitrogens with zero attached hydrogens (tertiary/aromatic N) is 2. The fourth-order valence-corrected chi connectivity index (χ4v) is 2.17. The molecule has 2 nitrogen and oxygen atoms in total. The standard InChI is InChI=1S/C13H10ClF3N2/c14-12-7-11(2-1-9(12)8-18)19-5-3-10(4-6-19)13(15,16)17/h1-3,7H,4-6H2. The Morgan fingerprint density at radius 3 is 2.53 bits per heavy atom. The van der Waals surface area contributed by atoms with Gasteiger partial charge in [-0.2, -0.15) is 18.4 Å². The van der Waals surface area contributed by atoms with Gasteiger partial charge in [-0.15, -0.1) is 0 Å². The molecule has 0 bridgehead atoms. The molecule has 0 spiro atoms. The van der Waals surface area contributed by atoms with Crippen molar-refractivity contribution in [3.8, 4) is 6.07 Å². The van der Waals surface area contributed by atoms with Gasteiger partial charge in [0.05, 0.1) is 10.6 Å². The van der Waals surface area contributed by atoms with Gasteiger partial charge in [-0.3, -0.25) is 0 Å². The van der Waals surface area contributed by atoms with Crippen molar-refractivity contribution >= 4 is 17.3 Å². The third kappa shape index (κ3) is 3.02. The van der Waals surface area contributed by atoms with E-state index in [1.165, 1.54) is 6.08 Å². The topological polar surface area (TPSA) is 27.0 Å². The van der Waals surface area contributed by atoms with Gasteiger partial charge < -0.3 is 4.90 Å². The second kappa shape index (κ2) is 5.14. The summed E-state index contributed by atoms with van der Waals surface area (Å²) in [6, 6.07) is 6.81. The van der Waals surface area contributed by atoms with E-state index >= 15 is 0 Å². The minimum absolute atomic E-state index is 0.0406. The quantitative estimate of drug-likeness (QED) is 0.732. The van der Waals surface area contributed by atoms with Gasteiger partial charge in [-0.25, -0.2) is 0 Å². The molecule has 0 N–H and O–H groups in total. The second-order valence-electron chi connectivity index (χ2n) is 4.20. The average Bonchev–Trinajstić information content (AvgIpc) is 2.38. The van der Waals surface area contributed by atoms with Crippen molar-refractivity contribution in [1.82, 2.24) is 0 Å². The van der Waals surface area contributed by atoms with Crippen LogP contribution in [0.5, 0.6) is 0 Å². The summed E-state index contributed by atoms with van der Waals surface area (Å²) < 4.78 is 37.5. The average molecular weight is 287 g/mol. The minimum Gasteiger partial charge on any atom is -0.367 e. The van der Waals surface area contributed by atoms with Crippen LogP contribution < -0.4 is 4.90 Å². The van der Waals surface area contributed by atoms with Gasteiger partial charge in [0.1, 0.15) is 6.07 Å². The number of anilines is 1. The molecule has 1 aliphatic heterocycles. The number of benzene rings is 1. The van der Waals surface area contributed by atoms with E-state index in [0.29, 0.717) is 10.6 Å². The van der Waals surface area contributed by atoms with E-state index < -0.39 is 11.7 Å². The highest BCUT2D eigenvalue weighted by molar-refractivity contribution is 6.32. The normalized spacial score (nSPS) is 15.9. The van der Waals surface area contributed by atoms with Gasteiger partial charge in [0.25, 0.3) is 0 Å². The van der Waals surface area contributed by atoms with Crippen LogP contribution in [0.1, 0.15) is 12.0 Å². The van der Waals surface area contributed by atoms with Crippen molar-refractivity contribution in [1.29, 1.82) is 5.26 Å². The SMILES string of the molecule is N#Cc1ccc(N2CC=C(C(F)(F)F)CC2)cc1Cl. The number of alkyl halides is 3. The Morgan fingerprint density at radius 1 is 1.32 bits per heavy atom. The van der Waals surface area contributed by atoms with Crippen LogP contribution in [0.25, 0.3) is 0 Å². The molecule has 1 aliphatic rings. The largest absolute Gasteiger partial charge is 0.412 e. The zero-order valence-corrected chi connectivity index (χ0v) is 10.6. The second-order valence-corrected chi connectivity index (χ2v) is 4.61. The Bertz CT molecular complexity index is 558. The predicted octanol–water partition coefficient (Wildman–Crippen LogP) is 3.91. The Balaban J connectivity index is 2.17. The Labute approximate surface area is 113 Å². The first-order chi connectivity index (χ1) is 8.91. The molecule has 0 saturated heterocycles. The molecule has 6 heteroatoms. The monoisotopic (exact) mass is 286 g/mol. The summed E-state index contributed by atoms with van der Waals surface area (Å²) in [6.45, 7) is 0.477. The van der Waals surface area contributed by atoms with Crippen LogP contribution in [0.2, 0.25) is 5.02 Å². The molecule has 0 unspecified atom stereocenters. The molecule has 100 valence electrons. The first-order valence-corrected chi connectivity index (χ1v) is 6.00. The number of rotatable bonds is 1. The van der Waals surface area contributed by atoms with Crippen LogP contribution in [0.4, 0.5) is 18.9 Å². The van der Waals surface area contributed by atoms with E-state index in [1.54, 1.807) is 23.1 Å². The highest BCUT2D eigenvalue weighted by atomic mass is 35.5. The predicted molar refractivity (Wildman–Crippen MR) is 67.1 cm³/mol. The third-order valence-electron chi connectivity index (χ3n) is 3.01. The summed E-state index contributed by atoms with van der Waals surface area (Å²) in [4.78, 5) is 1.79. The van der Waals surface area contributed by atoms with Gasteiger partial charge >= 0.3 is 6.18 Å². The maximum Gasteiger partial charge on any atom is 0.412 e. The van der Waals surface area contributed by atoms with Crippen LogP contribution in [0, 0.1) is 11.3 Å². The van der Waals surface area contributed by atoms with E-state index in [2.05, 4.69) is 0 Å². The highest BCUT2D eigenvalue weighted by Gasteiger charge is 2.34. The van der Waals surface area contributed by atoms with Crippen molar-refractivity contribution in [3.05, 3.63) is 40.4 Å². The zero-order chi connectivity index (χ0) is 14.0. The van der Waals surface area contributed by atoms with Gasteiger partial charge in [-0.05, 0) is 24.6 Å². The lowest BCUT2D eigenvalue weighted by atomic mass is 10.1. The van der Waals surface area contributed by atoms with Crippen LogP contribution in [-0.2, 0) is 0 Å². The number of halogens is 4. The maximum atomic E-state index is 12.5. The molecule has 0 amide bonds. The molecular formula is C13H10ClF3N2. The van der Waals surface area contributed by atoms with Gasteiger partial charge in [0, 0.05) is 24.4 Å². The molecule has 19 heavy (non-hydrogen) atoms. The van der Waals surface area contributed by atoms with E-state index in [0.717, 1.165) is 5.69 Å². The van der Waals surface area contributed by atoms with E-state index in [9.17, 15) is 13.2 Å². The van der Waals surface area contributed by atoms with Crippen molar-refractivity contribution < 1.29 is 13.2 Å². The summed E-state index contributed by atoms with van der Waals surface area (Å²) in [5, 5.41) is 9.07. The lowest BCUT2D eigenvalue weighted by Gasteiger charge is -2.29. The highest BCUT2D eigenvalue weighted by Crippen LogP contribution is 2.32. The first-order valence-electron chi connectivity index (χ1n) is 5.62. The summed E-state index contributed by atoms with van der Waals surface area (Å²) in [7, 11) is 0. The lowest BCUT2D eigenvalue weighted by Crippen LogP contribution is -2.31. The Hall–Kier alpha value is -1.67. The number of hydrogen-bond acceptors (Lipinski definition) is 2. The molecule has 0 radical (unpaired) electrons. The Kier molecular flexibility index (Phi) is 3.72. The van der Waals surface area contributed by atoms with Gasteiger partial charge in [0.2, 0.25) is 0 Å². The number of hydrogen-bond donors (Lipinski definition) is 0. The smallest absolute Gasteiger partial charge is 0.367 e. The maximum absolute atomic E-state index is 12.5. The van der Waals surface area contributed by atoms with Crippen LogP contribution in [-0.4, -0.2) is 19.3 Å². The summed E-state index contributed by atoms with van der Waals surface area (Å²) in [5.41, 5.74) is 0.596. The van der Waals surface area contributed by atoms with Crippen molar-refractivity contribution in [3.63, 3.8) is 0 Å². The molecule has 0 atom stereocenters. The summed E-state index contributed by atoms with van der Waals surface area (Å²) >= 11 is 5.91. The summed E-state index contributed by atoms with van der Waals surface area (Å²) in [5.74, 6) is 0. The van der Waals surface area contributed by atoms with Crippen molar-refractivity contribution in [2.75, 3.05) is 18.0 Å². The molecule has 0 fully saturated rings. The van der Waals surface area contributed by atoms with E-state index in [4.69, 9.17) is 16.9 Å². The van der Waals surface area contributed by atoms with E-state index in [-0.39, 0.29) is 19.5 Å². The molecule has 1 heterocycles. The van der Waals surface area contributed by atoms with Gasteiger partial charge in [0.15, 0.2) is 0 Å². The fraction of sp³-hybridized carbons (Fsp3) is 0.308. The van der Waals surface area contributed by atoms with Crippen molar-refractivity contribution in [2.24, 2.45) is 0 Å². The van der Waals surface area contributed by atoms with Crippen molar-refractivity contribution in [2.45, 2.75) is 12.6 Å². The molecule has 0 saturated carbocycles.